The molecule has 33 heavy (non-hydrogen) atoms. The fourth-order valence-electron chi connectivity index (χ4n) is 5.87. The summed E-state index contributed by atoms with van der Waals surface area (Å²) in [6, 6.07) is 5.63. The lowest BCUT2D eigenvalue weighted by atomic mass is 9.96. The van der Waals surface area contributed by atoms with Crippen LogP contribution in [-0.2, 0) is 27.8 Å². The average Bonchev–Trinajstić information content (AvgIpc) is 3.56. The molecule has 2 aromatic rings. The lowest BCUT2D eigenvalue weighted by Gasteiger charge is -2.29. The maximum atomic E-state index is 13.1. The van der Waals surface area contributed by atoms with E-state index >= 15 is 0 Å². The zero-order valence-corrected chi connectivity index (χ0v) is 21.1. The molecule has 2 aliphatic rings. The van der Waals surface area contributed by atoms with Gasteiger partial charge in [0.25, 0.3) is 0 Å². The molecule has 0 bridgehead atoms. The number of likely N-dealkylation sites (tertiary alicyclic amines) is 1. The topological polar surface area (TPSA) is 75.5 Å². The van der Waals surface area contributed by atoms with Crippen molar-refractivity contribution in [2.24, 2.45) is 5.92 Å². The zero-order chi connectivity index (χ0) is 23.6. The number of carbonyl (C=O) groups excluding carboxylic acids is 1. The van der Waals surface area contributed by atoms with Crippen molar-refractivity contribution in [3.05, 3.63) is 24.0 Å². The Morgan fingerprint density at radius 2 is 1.82 bits per heavy atom. The Hall–Kier alpha value is -1.93. The van der Waals surface area contributed by atoms with E-state index in [9.17, 15) is 13.2 Å². The van der Waals surface area contributed by atoms with E-state index in [-0.39, 0.29) is 10.8 Å². The second-order valence-corrected chi connectivity index (χ2v) is 11.3. The highest BCUT2D eigenvalue weighted by Crippen LogP contribution is 2.35. The molecule has 1 aromatic heterocycles. The SMILES string of the molecule is CCN(CC)S(=O)(=O)c1ccc2c(c1)nc(CCC(=O)N1CCCC1C1CCCC1)n2CC. The maximum Gasteiger partial charge on any atom is 0.243 e. The summed E-state index contributed by atoms with van der Waals surface area (Å²) in [7, 11) is -3.53. The molecule has 1 saturated heterocycles. The zero-order valence-electron chi connectivity index (χ0n) is 20.3. The Morgan fingerprint density at radius 3 is 2.48 bits per heavy atom. The lowest BCUT2D eigenvalue weighted by Crippen LogP contribution is -2.39. The first-order valence-electron chi connectivity index (χ1n) is 12.7. The molecule has 1 aromatic carbocycles. The molecule has 1 aliphatic carbocycles. The minimum atomic E-state index is -3.53. The molecule has 1 aliphatic heterocycles. The fourth-order valence-corrected chi connectivity index (χ4v) is 7.35. The van der Waals surface area contributed by atoms with Gasteiger partial charge in [0.15, 0.2) is 0 Å². The van der Waals surface area contributed by atoms with Crippen LogP contribution in [0.1, 0.15) is 71.5 Å². The van der Waals surface area contributed by atoms with Crippen molar-refractivity contribution in [1.82, 2.24) is 18.8 Å². The molecule has 1 saturated carbocycles. The van der Waals surface area contributed by atoms with Crippen LogP contribution in [0, 0.1) is 5.92 Å². The van der Waals surface area contributed by atoms with E-state index in [1.807, 2.05) is 19.9 Å². The minimum Gasteiger partial charge on any atom is -0.339 e. The fraction of sp³-hybridized carbons (Fsp3) is 0.680. The van der Waals surface area contributed by atoms with Crippen molar-refractivity contribution in [3.63, 3.8) is 0 Å². The van der Waals surface area contributed by atoms with Gasteiger partial charge in [-0.3, -0.25) is 4.79 Å². The first-order chi connectivity index (χ1) is 15.9. The summed E-state index contributed by atoms with van der Waals surface area (Å²) in [5.41, 5.74) is 1.60. The molecule has 1 amide bonds. The third-order valence-corrected chi connectivity index (χ3v) is 9.63. The highest BCUT2D eigenvalue weighted by Gasteiger charge is 2.35. The van der Waals surface area contributed by atoms with Gasteiger partial charge in [0.05, 0.1) is 15.9 Å². The summed E-state index contributed by atoms with van der Waals surface area (Å²) < 4.78 is 29.5. The van der Waals surface area contributed by atoms with Crippen molar-refractivity contribution in [2.45, 2.75) is 89.6 Å². The van der Waals surface area contributed by atoms with Gasteiger partial charge < -0.3 is 9.47 Å². The number of imidazole rings is 1. The summed E-state index contributed by atoms with van der Waals surface area (Å²) in [6.45, 7) is 8.24. The van der Waals surface area contributed by atoms with E-state index in [0.717, 1.165) is 37.3 Å². The second kappa shape index (κ2) is 10.1. The third-order valence-electron chi connectivity index (χ3n) is 7.58. The minimum absolute atomic E-state index is 0.240. The summed E-state index contributed by atoms with van der Waals surface area (Å²) >= 11 is 0. The molecule has 182 valence electrons. The van der Waals surface area contributed by atoms with Crippen molar-refractivity contribution < 1.29 is 13.2 Å². The van der Waals surface area contributed by atoms with Crippen LogP contribution >= 0.6 is 0 Å². The molecule has 2 heterocycles. The number of aromatic nitrogens is 2. The number of rotatable bonds is 9. The summed E-state index contributed by atoms with van der Waals surface area (Å²) in [5.74, 6) is 1.78. The number of hydrogen-bond donors (Lipinski definition) is 0. The second-order valence-electron chi connectivity index (χ2n) is 9.35. The number of sulfonamides is 1. The van der Waals surface area contributed by atoms with Gasteiger partial charge in [0.2, 0.25) is 15.9 Å². The van der Waals surface area contributed by atoms with Crippen molar-refractivity contribution >= 4 is 27.0 Å². The highest BCUT2D eigenvalue weighted by molar-refractivity contribution is 7.89. The standard InChI is InChI=1S/C25H38N4O3S/c1-4-27(5-2)33(31,32)20-13-14-23-21(18-20)26-24(28(23)6-3)15-16-25(30)29-17-9-12-22(29)19-10-7-8-11-19/h13-14,18-19,22H,4-12,15-17H2,1-3H3. The van der Waals surface area contributed by atoms with Gasteiger partial charge in [0, 0.05) is 45.1 Å². The van der Waals surface area contributed by atoms with Crippen LogP contribution in [0.3, 0.4) is 0 Å². The molecule has 0 radical (unpaired) electrons. The molecular formula is C25H38N4O3S. The van der Waals surface area contributed by atoms with Crippen LogP contribution in [0.2, 0.25) is 0 Å². The van der Waals surface area contributed by atoms with Gasteiger partial charge in [-0.1, -0.05) is 26.7 Å². The Bertz CT molecular complexity index is 1080. The number of carbonyl (C=O) groups is 1. The summed E-state index contributed by atoms with van der Waals surface area (Å²) in [5, 5.41) is 0. The van der Waals surface area contributed by atoms with E-state index in [2.05, 4.69) is 16.4 Å². The van der Waals surface area contributed by atoms with Crippen molar-refractivity contribution in [2.75, 3.05) is 19.6 Å². The predicted octanol–water partition coefficient (Wildman–Crippen LogP) is 4.20. The molecule has 4 rings (SSSR count). The van der Waals surface area contributed by atoms with Crippen LogP contribution in [-0.4, -0.2) is 58.8 Å². The monoisotopic (exact) mass is 474 g/mol. The van der Waals surface area contributed by atoms with Gasteiger partial charge in [-0.05, 0) is 56.7 Å². The molecule has 0 spiro atoms. The number of benzene rings is 1. The van der Waals surface area contributed by atoms with E-state index in [1.54, 1.807) is 12.1 Å². The van der Waals surface area contributed by atoms with Crippen molar-refractivity contribution in [3.8, 4) is 0 Å². The van der Waals surface area contributed by atoms with Crippen LogP contribution in [0.4, 0.5) is 0 Å². The van der Waals surface area contributed by atoms with E-state index in [1.165, 1.54) is 30.0 Å². The van der Waals surface area contributed by atoms with E-state index in [0.29, 0.717) is 43.4 Å². The quantitative estimate of drug-likeness (QED) is 0.546. The Labute approximate surface area is 198 Å². The number of fused-ring (bicyclic) bond motifs is 1. The summed E-state index contributed by atoms with van der Waals surface area (Å²) in [4.78, 5) is 20.3. The third kappa shape index (κ3) is 4.69. The molecule has 1 unspecified atom stereocenters. The van der Waals surface area contributed by atoms with Crippen molar-refractivity contribution in [1.29, 1.82) is 0 Å². The normalized spacial score (nSPS) is 19.9. The molecule has 7 nitrogen and oxygen atoms in total. The van der Waals surface area contributed by atoms with Crippen LogP contribution in [0.15, 0.2) is 23.1 Å². The first-order valence-corrected chi connectivity index (χ1v) is 14.1. The van der Waals surface area contributed by atoms with Gasteiger partial charge in [-0.15, -0.1) is 0 Å². The number of nitrogens with zero attached hydrogens (tertiary/aromatic N) is 4. The van der Waals surface area contributed by atoms with Crippen LogP contribution in [0.5, 0.6) is 0 Å². The largest absolute Gasteiger partial charge is 0.339 e. The molecule has 1 atom stereocenters. The Morgan fingerprint density at radius 1 is 1.09 bits per heavy atom. The lowest BCUT2D eigenvalue weighted by molar-refractivity contribution is -0.132. The smallest absolute Gasteiger partial charge is 0.243 e. The molecule has 0 N–H and O–H groups in total. The number of hydrogen-bond acceptors (Lipinski definition) is 4. The average molecular weight is 475 g/mol. The molecular weight excluding hydrogens is 436 g/mol. The highest BCUT2D eigenvalue weighted by atomic mass is 32.2. The van der Waals surface area contributed by atoms with E-state index in [4.69, 9.17) is 4.98 Å². The van der Waals surface area contributed by atoms with Gasteiger partial charge in [-0.2, -0.15) is 4.31 Å². The molecule has 8 heteroatoms. The first kappa shape index (κ1) is 24.2. The maximum absolute atomic E-state index is 13.1. The molecule has 2 fully saturated rings. The van der Waals surface area contributed by atoms with Crippen LogP contribution < -0.4 is 0 Å². The van der Waals surface area contributed by atoms with Gasteiger partial charge >= 0.3 is 0 Å². The van der Waals surface area contributed by atoms with Gasteiger partial charge in [-0.25, -0.2) is 13.4 Å². The van der Waals surface area contributed by atoms with E-state index < -0.39 is 10.0 Å². The Balaban J connectivity index is 1.52. The Kier molecular flexibility index (Phi) is 7.43. The number of amides is 1. The summed E-state index contributed by atoms with van der Waals surface area (Å²) in [6.07, 6.45) is 8.42. The predicted molar refractivity (Wildman–Crippen MR) is 131 cm³/mol. The van der Waals surface area contributed by atoms with Crippen LogP contribution in [0.25, 0.3) is 11.0 Å². The van der Waals surface area contributed by atoms with Gasteiger partial charge in [0.1, 0.15) is 5.82 Å². The number of aryl methyl sites for hydroxylation is 2.